The number of carbonyl (C=O) groups excluding carboxylic acids is 1. The Morgan fingerprint density at radius 1 is 1.28 bits per heavy atom. The zero-order chi connectivity index (χ0) is 13.4. The first kappa shape index (κ1) is 15.2. The fourth-order valence-electron chi connectivity index (χ4n) is 1.79. The van der Waals surface area contributed by atoms with Gasteiger partial charge in [0.05, 0.1) is 0 Å². The molecule has 3 nitrogen and oxygen atoms in total. The van der Waals surface area contributed by atoms with E-state index in [1.54, 1.807) is 6.07 Å². The van der Waals surface area contributed by atoms with Crippen LogP contribution < -0.4 is 0 Å². The van der Waals surface area contributed by atoms with Crippen molar-refractivity contribution in [3.05, 3.63) is 35.4 Å². The summed E-state index contributed by atoms with van der Waals surface area (Å²) >= 11 is 3.38. The summed E-state index contributed by atoms with van der Waals surface area (Å²) in [7, 11) is 0. The normalized spacial score (nSPS) is 10.4. The Balaban J connectivity index is 2.59. The predicted octanol–water partition coefficient (Wildman–Crippen LogP) is 2.95. The molecule has 0 fully saturated rings. The number of alkyl halides is 1. The second-order valence-corrected chi connectivity index (χ2v) is 5.07. The van der Waals surface area contributed by atoms with Crippen LogP contribution in [0.2, 0.25) is 0 Å². The van der Waals surface area contributed by atoms with E-state index in [1.807, 2.05) is 25.1 Å². The van der Waals surface area contributed by atoms with Crippen molar-refractivity contribution in [3.8, 4) is 0 Å². The van der Waals surface area contributed by atoms with E-state index in [9.17, 15) is 9.90 Å². The highest BCUT2D eigenvalue weighted by Gasteiger charge is 2.15. The summed E-state index contributed by atoms with van der Waals surface area (Å²) in [5, 5.41) is 10.3. The van der Waals surface area contributed by atoms with Crippen LogP contribution in [0.5, 0.6) is 0 Å². The van der Waals surface area contributed by atoms with E-state index in [2.05, 4.69) is 15.9 Å². The van der Waals surface area contributed by atoms with Crippen molar-refractivity contribution >= 4 is 21.8 Å². The summed E-state index contributed by atoms with van der Waals surface area (Å²) in [6.07, 6.45) is 3.07. The Morgan fingerprint density at radius 3 is 2.61 bits per heavy atom. The molecule has 0 saturated carbocycles. The maximum Gasteiger partial charge on any atom is 0.255 e. The van der Waals surface area contributed by atoms with Gasteiger partial charge in [0.15, 0.2) is 0 Å². The van der Waals surface area contributed by atoms with E-state index in [1.165, 1.54) is 4.90 Å². The molecular formula is C14H20BrNO2. The third-order valence-electron chi connectivity index (χ3n) is 2.90. The smallest absolute Gasteiger partial charge is 0.255 e. The standard InChI is InChI=1S/C14H20BrNO2/c1-12-7-3-4-8-13(12)14(18)16(11-17)10-6-2-5-9-15/h3-4,7-8,17H,2,5-6,9-11H2,1H3. The van der Waals surface area contributed by atoms with Crippen molar-refractivity contribution in [1.82, 2.24) is 4.90 Å². The molecule has 1 rings (SSSR count). The van der Waals surface area contributed by atoms with Gasteiger partial charge in [0.2, 0.25) is 0 Å². The third-order valence-corrected chi connectivity index (χ3v) is 3.46. The van der Waals surface area contributed by atoms with Crippen LogP contribution in [0.1, 0.15) is 35.2 Å². The minimum atomic E-state index is -0.221. The molecule has 0 aliphatic rings. The Labute approximate surface area is 117 Å². The molecule has 0 spiro atoms. The molecule has 100 valence electrons. The number of rotatable bonds is 7. The van der Waals surface area contributed by atoms with E-state index < -0.39 is 0 Å². The van der Waals surface area contributed by atoms with Crippen molar-refractivity contribution in [2.45, 2.75) is 26.2 Å². The molecule has 0 radical (unpaired) electrons. The molecule has 18 heavy (non-hydrogen) atoms. The van der Waals surface area contributed by atoms with Gasteiger partial charge in [0, 0.05) is 17.4 Å². The van der Waals surface area contributed by atoms with Gasteiger partial charge in [-0.1, -0.05) is 40.5 Å². The van der Waals surface area contributed by atoms with Crippen molar-refractivity contribution in [3.63, 3.8) is 0 Å². The fourth-order valence-corrected chi connectivity index (χ4v) is 2.19. The van der Waals surface area contributed by atoms with E-state index in [-0.39, 0.29) is 12.6 Å². The molecular weight excluding hydrogens is 294 g/mol. The maximum absolute atomic E-state index is 12.2. The lowest BCUT2D eigenvalue weighted by Gasteiger charge is -2.20. The maximum atomic E-state index is 12.2. The molecule has 1 aromatic carbocycles. The van der Waals surface area contributed by atoms with Crippen LogP contribution in [0.4, 0.5) is 0 Å². The van der Waals surface area contributed by atoms with Gasteiger partial charge in [-0.15, -0.1) is 0 Å². The number of unbranched alkanes of at least 4 members (excludes halogenated alkanes) is 2. The molecule has 0 aliphatic carbocycles. The summed E-state index contributed by atoms with van der Waals surface area (Å²) in [6, 6.07) is 7.47. The number of carbonyl (C=O) groups is 1. The van der Waals surface area contributed by atoms with Crippen LogP contribution in [-0.4, -0.2) is 34.5 Å². The zero-order valence-electron chi connectivity index (χ0n) is 10.7. The average molecular weight is 314 g/mol. The molecule has 1 N–H and O–H groups in total. The minimum absolute atomic E-state index is 0.0885. The van der Waals surface area contributed by atoms with Crippen LogP contribution in [0.25, 0.3) is 0 Å². The van der Waals surface area contributed by atoms with E-state index in [0.717, 1.165) is 30.2 Å². The monoisotopic (exact) mass is 313 g/mol. The van der Waals surface area contributed by atoms with Crippen molar-refractivity contribution < 1.29 is 9.90 Å². The van der Waals surface area contributed by atoms with E-state index >= 15 is 0 Å². The lowest BCUT2D eigenvalue weighted by atomic mass is 10.1. The van der Waals surface area contributed by atoms with Crippen molar-refractivity contribution in [2.75, 3.05) is 18.6 Å². The number of hydrogen-bond donors (Lipinski definition) is 1. The molecule has 0 bridgehead atoms. The molecule has 1 aromatic rings. The van der Waals surface area contributed by atoms with E-state index in [4.69, 9.17) is 0 Å². The fraction of sp³-hybridized carbons (Fsp3) is 0.500. The summed E-state index contributed by atoms with van der Waals surface area (Å²) in [5.74, 6) is -0.0885. The van der Waals surface area contributed by atoms with Crippen LogP contribution in [0, 0.1) is 6.92 Å². The Bertz CT molecular complexity index is 382. The molecule has 4 heteroatoms. The van der Waals surface area contributed by atoms with E-state index in [0.29, 0.717) is 12.1 Å². The Morgan fingerprint density at radius 2 is 2.00 bits per heavy atom. The van der Waals surface area contributed by atoms with Gasteiger partial charge in [0.25, 0.3) is 5.91 Å². The van der Waals surface area contributed by atoms with Gasteiger partial charge >= 0.3 is 0 Å². The number of halogens is 1. The summed E-state index contributed by atoms with van der Waals surface area (Å²) in [4.78, 5) is 13.7. The van der Waals surface area contributed by atoms with Gasteiger partial charge in [-0.2, -0.15) is 0 Å². The number of aliphatic hydroxyl groups excluding tert-OH is 1. The number of aliphatic hydroxyl groups is 1. The second-order valence-electron chi connectivity index (χ2n) is 4.27. The molecule has 0 saturated heterocycles. The summed E-state index contributed by atoms with van der Waals surface area (Å²) in [6.45, 7) is 2.30. The first-order valence-electron chi connectivity index (χ1n) is 6.22. The number of benzene rings is 1. The van der Waals surface area contributed by atoms with Crippen molar-refractivity contribution in [1.29, 1.82) is 0 Å². The van der Waals surface area contributed by atoms with Gasteiger partial charge in [-0.3, -0.25) is 4.79 Å². The lowest BCUT2D eigenvalue weighted by molar-refractivity contribution is 0.0549. The topological polar surface area (TPSA) is 40.5 Å². The van der Waals surface area contributed by atoms with Crippen LogP contribution in [0.3, 0.4) is 0 Å². The predicted molar refractivity (Wildman–Crippen MR) is 76.9 cm³/mol. The first-order chi connectivity index (χ1) is 8.70. The quantitative estimate of drug-likeness (QED) is 0.477. The highest BCUT2D eigenvalue weighted by Crippen LogP contribution is 2.11. The van der Waals surface area contributed by atoms with Crippen molar-refractivity contribution in [2.24, 2.45) is 0 Å². The largest absolute Gasteiger partial charge is 0.376 e. The van der Waals surface area contributed by atoms with Gasteiger partial charge < -0.3 is 10.0 Å². The summed E-state index contributed by atoms with van der Waals surface area (Å²) in [5.41, 5.74) is 1.62. The highest BCUT2D eigenvalue weighted by atomic mass is 79.9. The van der Waals surface area contributed by atoms with Crippen LogP contribution in [0.15, 0.2) is 24.3 Å². The summed E-state index contributed by atoms with van der Waals surface area (Å²) < 4.78 is 0. The molecule has 0 aliphatic heterocycles. The van der Waals surface area contributed by atoms with Gasteiger partial charge in [0.1, 0.15) is 6.73 Å². The number of amides is 1. The molecule has 0 unspecified atom stereocenters. The molecule has 0 aromatic heterocycles. The van der Waals surface area contributed by atoms with Gasteiger partial charge in [-0.05, 0) is 31.4 Å². The highest BCUT2D eigenvalue weighted by molar-refractivity contribution is 9.09. The number of hydrogen-bond acceptors (Lipinski definition) is 2. The second kappa shape index (κ2) is 8.27. The van der Waals surface area contributed by atoms with Gasteiger partial charge in [-0.25, -0.2) is 0 Å². The Kier molecular flexibility index (Phi) is 6.98. The van der Waals surface area contributed by atoms with Crippen LogP contribution >= 0.6 is 15.9 Å². The first-order valence-corrected chi connectivity index (χ1v) is 7.34. The Hall–Kier alpha value is -0.870. The minimum Gasteiger partial charge on any atom is -0.376 e. The molecule has 0 atom stereocenters. The third kappa shape index (κ3) is 4.42. The zero-order valence-corrected chi connectivity index (χ0v) is 12.3. The SMILES string of the molecule is Cc1ccccc1C(=O)N(CO)CCCCCBr. The lowest BCUT2D eigenvalue weighted by Crippen LogP contribution is -2.33. The number of nitrogens with zero attached hydrogens (tertiary/aromatic N) is 1. The van der Waals surface area contributed by atoms with Crippen LogP contribution in [-0.2, 0) is 0 Å². The molecule has 1 amide bonds. The molecule has 0 heterocycles. The number of aryl methyl sites for hydroxylation is 1. The average Bonchev–Trinajstić information content (AvgIpc) is 2.39.